The zero-order valence-corrected chi connectivity index (χ0v) is 14.1. The van der Waals surface area contributed by atoms with Crippen molar-refractivity contribution in [1.29, 1.82) is 0 Å². The van der Waals surface area contributed by atoms with E-state index in [0.29, 0.717) is 13.2 Å². The smallest absolute Gasteiger partial charge is 0.330 e. The number of carbonyl (C=O) groups excluding carboxylic acids is 2. The summed E-state index contributed by atoms with van der Waals surface area (Å²) >= 11 is 0. The lowest BCUT2D eigenvalue weighted by Crippen LogP contribution is -2.50. The van der Waals surface area contributed by atoms with Gasteiger partial charge in [0.05, 0.1) is 18.6 Å². The van der Waals surface area contributed by atoms with Gasteiger partial charge in [0.15, 0.2) is 6.29 Å². The van der Waals surface area contributed by atoms with Crippen molar-refractivity contribution in [2.75, 3.05) is 26.4 Å². The Morgan fingerprint density at radius 3 is 2.12 bits per heavy atom. The molecule has 1 aliphatic rings. The molecule has 24 heavy (non-hydrogen) atoms. The van der Waals surface area contributed by atoms with Gasteiger partial charge in [0.2, 0.25) is 0 Å². The van der Waals surface area contributed by atoms with Crippen molar-refractivity contribution < 1.29 is 28.5 Å². The molecule has 138 valence electrons. The van der Waals surface area contributed by atoms with Crippen LogP contribution in [-0.4, -0.2) is 44.7 Å². The molecule has 0 atom stereocenters. The van der Waals surface area contributed by atoms with Crippen LogP contribution in [0, 0.1) is 10.8 Å². The molecule has 0 radical (unpaired) electrons. The molecule has 0 aromatic heterocycles. The SMILES string of the molecule is C.C=CC(=O)OCC1(CC)COC(C(C)(C)COC(=O)C=C)OC1. The van der Waals surface area contributed by atoms with Crippen LogP contribution in [0.1, 0.15) is 34.6 Å². The summed E-state index contributed by atoms with van der Waals surface area (Å²) < 4.78 is 21.9. The van der Waals surface area contributed by atoms with E-state index in [1.165, 1.54) is 0 Å². The van der Waals surface area contributed by atoms with Gasteiger partial charge in [0, 0.05) is 17.6 Å². The van der Waals surface area contributed by atoms with Crippen LogP contribution < -0.4 is 0 Å². The Hall–Kier alpha value is -1.66. The average Bonchev–Trinajstić information content (AvgIpc) is 2.57. The third-order valence-electron chi connectivity index (χ3n) is 3.91. The highest BCUT2D eigenvalue weighted by Gasteiger charge is 2.42. The highest BCUT2D eigenvalue weighted by Crippen LogP contribution is 2.35. The molecule has 1 saturated heterocycles. The van der Waals surface area contributed by atoms with Crippen LogP contribution >= 0.6 is 0 Å². The first-order valence-corrected chi connectivity index (χ1v) is 7.60. The standard InChI is InChI=1S/C17H26O6.CH4/c1-6-13(18)20-9-16(4,5)15-22-11-17(8-3,12-23-15)10-21-14(19)7-2;/h6-7,15H,1-2,8-12H2,3-5H3;1H4. The van der Waals surface area contributed by atoms with E-state index in [4.69, 9.17) is 18.9 Å². The molecule has 0 amide bonds. The van der Waals surface area contributed by atoms with E-state index in [9.17, 15) is 9.59 Å². The Labute approximate surface area is 144 Å². The highest BCUT2D eigenvalue weighted by molar-refractivity contribution is 5.81. The van der Waals surface area contributed by atoms with Gasteiger partial charge < -0.3 is 18.9 Å². The van der Waals surface area contributed by atoms with E-state index in [2.05, 4.69) is 13.2 Å². The van der Waals surface area contributed by atoms with E-state index >= 15 is 0 Å². The van der Waals surface area contributed by atoms with Gasteiger partial charge in [-0.3, -0.25) is 0 Å². The lowest BCUT2D eigenvalue weighted by Gasteiger charge is -2.43. The van der Waals surface area contributed by atoms with Gasteiger partial charge >= 0.3 is 11.9 Å². The molecule has 0 aromatic rings. The van der Waals surface area contributed by atoms with Crippen molar-refractivity contribution >= 4 is 11.9 Å². The number of carbonyl (C=O) groups is 2. The molecular formula is C18H30O6. The number of hydrogen-bond acceptors (Lipinski definition) is 6. The Bertz CT molecular complexity index is 446. The van der Waals surface area contributed by atoms with Crippen LogP contribution in [0.2, 0.25) is 0 Å². The van der Waals surface area contributed by atoms with Crippen LogP contribution in [0.25, 0.3) is 0 Å². The second-order valence-electron chi connectivity index (χ2n) is 6.42. The first-order valence-electron chi connectivity index (χ1n) is 7.60. The molecular weight excluding hydrogens is 312 g/mol. The van der Waals surface area contributed by atoms with E-state index in [-0.39, 0.29) is 26.1 Å². The number of esters is 2. The van der Waals surface area contributed by atoms with Crippen LogP contribution in [0.5, 0.6) is 0 Å². The minimum absolute atomic E-state index is 0. The first kappa shape index (κ1) is 22.3. The largest absolute Gasteiger partial charge is 0.462 e. The zero-order valence-electron chi connectivity index (χ0n) is 14.1. The maximum atomic E-state index is 11.2. The molecule has 1 aliphatic heterocycles. The minimum atomic E-state index is -0.505. The van der Waals surface area contributed by atoms with E-state index in [1.807, 2.05) is 20.8 Å². The molecule has 0 bridgehead atoms. The minimum Gasteiger partial charge on any atom is -0.462 e. The second-order valence-corrected chi connectivity index (χ2v) is 6.42. The lowest BCUT2D eigenvalue weighted by atomic mass is 9.85. The summed E-state index contributed by atoms with van der Waals surface area (Å²) in [4.78, 5) is 22.4. The summed E-state index contributed by atoms with van der Waals surface area (Å²) in [7, 11) is 0. The van der Waals surface area contributed by atoms with Crippen molar-refractivity contribution in [2.45, 2.75) is 40.9 Å². The molecule has 6 nitrogen and oxygen atoms in total. The van der Waals surface area contributed by atoms with Gasteiger partial charge in [-0.25, -0.2) is 9.59 Å². The molecule has 1 fully saturated rings. The van der Waals surface area contributed by atoms with Crippen molar-refractivity contribution in [1.82, 2.24) is 0 Å². The van der Waals surface area contributed by atoms with Crippen molar-refractivity contribution in [3.63, 3.8) is 0 Å². The Morgan fingerprint density at radius 2 is 1.67 bits per heavy atom. The summed E-state index contributed by atoms with van der Waals surface area (Å²) in [6.45, 7) is 13.7. The van der Waals surface area contributed by atoms with Gasteiger partial charge in [-0.2, -0.15) is 0 Å². The monoisotopic (exact) mass is 342 g/mol. The van der Waals surface area contributed by atoms with Crippen LogP contribution in [0.3, 0.4) is 0 Å². The van der Waals surface area contributed by atoms with E-state index < -0.39 is 23.6 Å². The van der Waals surface area contributed by atoms with Gasteiger partial charge in [-0.05, 0) is 6.42 Å². The topological polar surface area (TPSA) is 71.1 Å². The zero-order chi connectivity index (χ0) is 17.5. The number of hydrogen-bond donors (Lipinski definition) is 0. The summed E-state index contributed by atoms with van der Waals surface area (Å²) in [5.41, 5.74) is -0.876. The van der Waals surface area contributed by atoms with Gasteiger partial charge in [0.1, 0.15) is 13.2 Å². The van der Waals surface area contributed by atoms with E-state index in [0.717, 1.165) is 18.6 Å². The molecule has 0 aliphatic carbocycles. The molecule has 0 N–H and O–H groups in total. The van der Waals surface area contributed by atoms with Gasteiger partial charge in [0.25, 0.3) is 0 Å². The molecule has 0 saturated carbocycles. The predicted molar refractivity (Wildman–Crippen MR) is 91.2 cm³/mol. The fourth-order valence-corrected chi connectivity index (χ4v) is 2.10. The Kier molecular flexibility index (Phi) is 8.93. The van der Waals surface area contributed by atoms with Crippen LogP contribution in [0.4, 0.5) is 0 Å². The molecule has 0 aromatic carbocycles. The van der Waals surface area contributed by atoms with Gasteiger partial charge in [-0.1, -0.05) is 41.4 Å². The van der Waals surface area contributed by atoms with Crippen molar-refractivity contribution in [3.8, 4) is 0 Å². The fraction of sp³-hybridized carbons (Fsp3) is 0.667. The summed E-state index contributed by atoms with van der Waals surface area (Å²) in [5, 5.41) is 0. The van der Waals surface area contributed by atoms with E-state index in [1.54, 1.807) is 0 Å². The first-order chi connectivity index (χ1) is 10.8. The number of ether oxygens (including phenoxy) is 4. The quantitative estimate of drug-likeness (QED) is 0.499. The summed E-state index contributed by atoms with van der Waals surface area (Å²) in [6, 6.07) is 0. The summed E-state index contributed by atoms with van der Waals surface area (Å²) in [6.07, 6.45) is 2.49. The third-order valence-corrected chi connectivity index (χ3v) is 3.91. The van der Waals surface area contributed by atoms with Gasteiger partial charge in [-0.15, -0.1) is 0 Å². The van der Waals surface area contributed by atoms with Crippen LogP contribution in [0.15, 0.2) is 25.3 Å². The highest BCUT2D eigenvalue weighted by atomic mass is 16.7. The normalized spacial score (nSPS) is 23.5. The maximum absolute atomic E-state index is 11.2. The fourth-order valence-electron chi connectivity index (χ4n) is 2.10. The molecule has 0 unspecified atom stereocenters. The van der Waals surface area contributed by atoms with Crippen molar-refractivity contribution in [3.05, 3.63) is 25.3 Å². The third kappa shape index (κ3) is 6.09. The van der Waals surface area contributed by atoms with Crippen molar-refractivity contribution in [2.24, 2.45) is 10.8 Å². The predicted octanol–water partition coefficient (Wildman–Crippen LogP) is 2.88. The molecule has 1 heterocycles. The molecule has 0 spiro atoms. The maximum Gasteiger partial charge on any atom is 0.330 e. The van der Waals surface area contributed by atoms with Crippen LogP contribution in [-0.2, 0) is 28.5 Å². The lowest BCUT2D eigenvalue weighted by molar-refractivity contribution is -0.280. The summed E-state index contributed by atoms with van der Waals surface area (Å²) in [5.74, 6) is -0.940. The molecule has 6 heteroatoms. The number of rotatable bonds is 8. The molecule has 1 rings (SSSR count). The average molecular weight is 342 g/mol. The Morgan fingerprint density at radius 1 is 1.17 bits per heavy atom. The Balaban J connectivity index is 0.00000529. The second kappa shape index (κ2) is 9.59.